The van der Waals surface area contributed by atoms with Gasteiger partial charge in [-0.2, -0.15) is 13.2 Å². The number of rotatable bonds is 3. The predicted molar refractivity (Wildman–Crippen MR) is 70.1 cm³/mol. The summed E-state index contributed by atoms with van der Waals surface area (Å²) in [5.74, 6) is 0. The maximum absolute atomic E-state index is 12.5. The first kappa shape index (κ1) is 15.3. The number of nitrogens with two attached hydrogens (primary N) is 1. The van der Waals surface area contributed by atoms with Crippen LogP contribution in [-0.2, 0) is 17.5 Å². The first-order valence-electron chi connectivity index (χ1n) is 6.62. The number of hydrogen-bond donors (Lipinski definition) is 1. The van der Waals surface area contributed by atoms with Crippen molar-refractivity contribution in [1.29, 1.82) is 0 Å². The van der Waals surface area contributed by atoms with Gasteiger partial charge in [0.15, 0.2) is 0 Å². The molecule has 0 bridgehead atoms. The fourth-order valence-electron chi connectivity index (χ4n) is 2.46. The third-order valence-corrected chi connectivity index (χ3v) is 3.35. The molecule has 6 heteroatoms. The highest BCUT2D eigenvalue weighted by atomic mass is 19.4. The maximum Gasteiger partial charge on any atom is 0.416 e. The summed E-state index contributed by atoms with van der Waals surface area (Å²) in [5.41, 5.74) is 5.86. The van der Waals surface area contributed by atoms with Crippen molar-refractivity contribution in [2.75, 3.05) is 19.6 Å². The summed E-state index contributed by atoms with van der Waals surface area (Å²) >= 11 is 0. The number of morpholine rings is 1. The highest BCUT2D eigenvalue weighted by Gasteiger charge is 2.30. The Hall–Kier alpha value is -1.11. The Morgan fingerprint density at radius 3 is 2.45 bits per heavy atom. The van der Waals surface area contributed by atoms with E-state index in [1.165, 1.54) is 12.1 Å². The minimum absolute atomic E-state index is 0.00630. The molecule has 1 aromatic carbocycles. The van der Waals surface area contributed by atoms with Crippen LogP contribution < -0.4 is 5.73 Å². The van der Waals surface area contributed by atoms with E-state index in [4.69, 9.17) is 10.5 Å². The summed E-state index contributed by atoms with van der Waals surface area (Å²) in [6.07, 6.45) is -4.20. The third kappa shape index (κ3) is 3.94. The molecular formula is C14H19F3N2O. The van der Waals surface area contributed by atoms with E-state index in [0.29, 0.717) is 19.6 Å². The van der Waals surface area contributed by atoms with Crippen molar-refractivity contribution in [3.05, 3.63) is 35.4 Å². The lowest BCUT2D eigenvalue weighted by atomic mass is 10.1. The van der Waals surface area contributed by atoms with E-state index in [1.807, 2.05) is 6.92 Å². The summed E-state index contributed by atoms with van der Waals surface area (Å²) in [6.45, 7) is 4.51. The zero-order valence-electron chi connectivity index (χ0n) is 11.4. The molecule has 0 aliphatic carbocycles. The molecule has 2 N–H and O–H groups in total. The molecule has 112 valence electrons. The summed E-state index contributed by atoms with van der Waals surface area (Å²) in [5, 5.41) is 0. The molecule has 1 aromatic rings. The average Bonchev–Trinajstić information content (AvgIpc) is 2.37. The molecule has 1 saturated heterocycles. The molecule has 20 heavy (non-hydrogen) atoms. The van der Waals surface area contributed by atoms with E-state index in [-0.39, 0.29) is 12.2 Å². The molecule has 1 heterocycles. The van der Waals surface area contributed by atoms with Crippen LogP contribution in [0.5, 0.6) is 0 Å². The van der Waals surface area contributed by atoms with E-state index >= 15 is 0 Å². The second-order valence-electron chi connectivity index (χ2n) is 5.19. The van der Waals surface area contributed by atoms with Gasteiger partial charge in [0, 0.05) is 26.2 Å². The van der Waals surface area contributed by atoms with Gasteiger partial charge in [0.1, 0.15) is 0 Å². The zero-order valence-corrected chi connectivity index (χ0v) is 11.4. The number of alkyl halides is 3. The Morgan fingerprint density at radius 2 is 1.90 bits per heavy atom. The van der Waals surface area contributed by atoms with Crippen molar-refractivity contribution >= 4 is 0 Å². The van der Waals surface area contributed by atoms with Gasteiger partial charge in [-0.15, -0.1) is 0 Å². The second kappa shape index (κ2) is 6.11. The largest absolute Gasteiger partial charge is 0.416 e. The van der Waals surface area contributed by atoms with Gasteiger partial charge < -0.3 is 10.5 Å². The molecule has 0 saturated carbocycles. The first-order chi connectivity index (χ1) is 9.38. The quantitative estimate of drug-likeness (QED) is 0.927. The van der Waals surface area contributed by atoms with Gasteiger partial charge in [-0.25, -0.2) is 0 Å². The topological polar surface area (TPSA) is 38.5 Å². The Labute approximate surface area is 116 Å². The maximum atomic E-state index is 12.5. The average molecular weight is 288 g/mol. The van der Waals surface area contributed by atoms with Gasteiger partial charge in [-0.05, 0) is 24.6 Å². The van der Waals surface area contributed by atoms with Crippen molar-refractivity contribution in [2.45, 2.75) is 31.9 Å². The molecule has 2 rings (SSSR count). The molecule has 1 fully saturated rings. The van der Waals surface area contributed by atoms with Crippen molar-refractivity contribution in [3.8, 4) is 0 Å². The lowest BCUT2D eigenvalue weighted by molar-refractivity contribution is -0.137. The lowest BCUT2D eigenvalue weighted by Crippen LogP contribution is -2.48. The van der Waals surface area contributed by atoms with Crippen LogP contribution in [0.3, 0.4) is 0 Å². The van der Waals surface area contributed by atoms with Gasteiger partial charge in [0.05, 0.1) is 17.8 Å². The second-order valence-corrected chi connectivity index (χ2v) is 5.19. The van der Waals surface area contributed by atoms with Crippen molar-refractivity contribution in [1.82, 2.24) is 4.90 Å². The van der Waals surface area contributed by atoms with Gasteiger partial charge in [-0.1, -0.05) is 12.1 Å². The van der Waals surface area contributed by atoms with Gasteiger partial charge in [-0.3, -0.25) is 4.90 Å². The summed E-state index contributed by atoms with van der Waals surface area (Å²) < 4.78 is 43.1. The number of benzene rings is 1. The summed E-state index contributed by atoms with van der Waals surface area (Å²) in [7, 11) is 0. The Balaban J connectivity index is 1.99. The normalized spacial score (nSPS) is 24.9. The monoisotopic (exact) mass is 288 g/mol. The fourth-order valence-corrected chi connectivity index (χ4v) is 2.46. The number of ether oxygens (including phenoxy) is 1. The molecule has 2 atom stereocenters. The van der Waals surface area contributed by atoms with Gasteiger partial charge in [0.25, 0.3) is 0 Å². The van der Waals surface area contributed by atoms with Crippen LogP contribution in [0.4, 0.5) is 13.2 Å². The SMILES string of the molecule is CC1CN(Cc2ccc(C(F)(F)F)cc2)CC(CN)O1. The highest BCUT2D eigenvalue weighted by molar-refractivity contribution is 5.24. The van der Waals surface area contributed by atoms with E-state index in [2.05, 4.69) is 4.90 Å². The van der Waals surface area contributed by atoms with Crippen LogP contribution in [0, 0.1) is 0 Å². The van der Waals surface area contributed by atoms with Crippen LogP contribution >= 0.6 is 0 Å². The molecular weight excluding hydrogens is 269 g/mol. The zero-order chi connectivity index (χ0) is 14.8. The van der Waals surface area contributed by atoms with Gasteiger partial charge in [0.2, 0.25) is 0 Å². The van der Waals surface area contributed by atoms with Crippen molar-refractivity contribution < 1.29 is 17.9 Å². The summed E-state index contributed by atoms with van der Waals surface area (Å²) in [6, 6.07) is 5.31. The Bertz CT molecular complexity index is 433. The standard InChI is InChI=1S/C14H19F3N2O/c1-10-7-19(9-13(6-18)20-10)8-11-2-4-12(5-3-11)14(15,16)17/h2-5,10,13H,6-9,18H2,1H3. The molecule has 1 aliphatic rings. The Morgan fingerprint density at radius 1 is 1.25 bits per heavy atom. The van der Waals surface area contributed by atoms with Crippen LogP contribution in [0.2, 0.25) is 0 Å². The predicted octanol–water partition coefficient (Wildman–Crippen LogP) is 2.25. The van der Waals surface area contributed by atoms with Crippen molar-refractivity contribution in [2.24, 2.45) is 5.73 Å². The minimum atomic E-state index is -4.28. The fraction of sp³-hybridized carbons (Fsp3) is 0.571. The lowest BCUT2D eigenvalue weighted by Gasteiger charge is -2.36. The van der Waals surface area contributed by atoms with Crippen LogP contribution in [-0.4, -0.2) is 36.7 Å². The number of nitrogens with zero attached hydrogens (tertiary/aromatic N) is 1. The van der Waals surface area contributed by atoms with Gasteiger partial charge >= 0.3 is 6.18 Å². The molecule has 3 nitrogen and oxygen atoms in total. The molecule has 1 aliphatic heterocycles. The molecule has 0 spiro atoms. The smallest absolute Gasteiger partial charge is 0.371 e. The number of hydrogen-bond acceptors (Lipinski definition) is 3. The van der Waals surface area contributed by atoms with E-state index in [1.54, 1.807) is 0 Å². The summed E-state index contributed by atoms with van der Waals surface area (Å²) in [4.78, 5) is 2.16. The molecule has 0 radical (unpaired) electrons. The minimum Gasteiger partial charge on any atom is -0.371 e. The van der Waals surface area contributed by atoms with Crippen LogP contribution in [0.15, 0.2) is 24.3 Å². The molecule has 2 unspecified atom stereocenters. The molecule has 0 aromatic heterocycles. The van der Waals surface area contributed by atoms with Crippen LogP contribution in [0.25, 0.3) is 0 Å². The molecule has 0 amide bonds. The third-order valence-electron chi connectivity index (χ3n) is 3.35. The Kier molecular flexibility index (Phi) is 4.67. The first-order valence-corrected chi connectivity index (χ1v) is 6.62. The van der Waals surface area contributed by atoms with E-state index in [0.717, 1.165) is 24.2 Å². The van der Waals surface area contributed by atoms with E-state index < -0.39 is 11.7 Å². The van der Waals surface area contributed by atoms with Crippen LogP contribution in [0.1, 0.15) is 18.1 Å². The van der Waals surface area contributed by atoms with E-state index in [9.17, 15) is 13.2 Å². The van der Waals surface area contributed by atoms with Crippen molar-refractivity contribution in [3.63, 3.8) is 0 Å². The number of halogens is 3. The highest BCUT2D eigenvalue weighted by Crippen LogP contribution is 2.29.